The van der Waals surface area contributed by atoms with Crippen molar-refractivity contribution < 1.29 is 4.79 Å². The van der Waals surface area contributed by atoms with Crippen LogP contribution in [-0.4, -0.2) is 6.29 Å². The maximum atomic E-state index is 10.6. The first kappa shape index (κ1) is 17.2. The SMILES string of the molecule is C=CC(CC)(c1cccc(-c2ccc(CC=O)cc2)c1)C(C)C. The van der Waals surface area contributed by atoms with E-state index in [0.29, 0.717) is 12.3 Å². The molecule has 0 aliphatic heterocycles. The molecule has 0 fully saturated rings. The Bertz CT molecular complexity index is 667. The smallest absolute Gasteiger partial charge is 0.124 e. The largest absolute Gasteiger partial charge is 0.303 e. The summed E-state index contributed by atoms with van der Waals surface area (Å²) >= 11 is 0. The fourth-order valence-electron chi connectivity index (χ4n) is 3.36. The molecule has 2 aromatic carbocycles. The molecule has 0 radical (unpaired) electrons. The van der Waals surface area contributed by atoms with Crippen molar-refractivity contribution in [1.82, 2.24) is 0 Å². The lowest BCUT2D eigenvalue weighted by atomic mass is 9.69. The number of allylic oxidation sites excluding steroid dienone is 1. The maximum Gasteiger partial charge on any atom is 0.124 e. The Kier molecular flexibility index (Phi) is 5.54. The minimum atomic E-state index is 0.00741. The monoisotopic (exact) mass is 306 g/mol. The number of hydrogen-bond acceptors (Lipinski definition) is 1. The van der Waals surface area contributed by atoms with Gasteiger partial charge >= 0.3 is 0 Å². The third-order valence-electron chi connectivity index (χ3n) is 4.99. The molecule has 2 rings (SSSR count). The third-order valence-corrected chi connectivity index (χ3v) is 4.99. The fourth-order valence-corrected chi connectivity index (χ4v) is 3.36. The van der Waals surface area contributed by atoms with Crippen LogP contribution in [0.1, 0.15) is 38.3 Å². The zero-order valence-corrected chi connectivity index (χ0v) is 14.4. The molecule has 0 spiro atoms. The molecular formula is C22H26O. The van der Waals surface area contributed by atoms with E-state index in [2.05, 4.69) is 69.8 Å². The topological polar surface area (TPSA) is 17.1 Å². The van der Waals surface area contributed by atoms with Gasteiger partial charge in [-0.25, -0.2) is 0 Å². The van der Waals surface area contributed by atoms with E-state index >= 15 is 0 Å². The summed E-state index contributed by atoms with van der Waals surface area (Å²) in [4.78, 5) is 10.6. The summed E-state index contributed by atoms with van der Waals surface area (Å²) in [5.41, 5.74) is 4.77. The Morgan fingerprint density at radius 3 is 2.30 bits per heavy atom. The number of rotatable bonds is 7. The minimum absolute atomic E-state index is 0.00741. The van der Waals surface area contributed by atoms with Crippen molar-refractivity contribution >= 4 is 6.29 Å². The van der Waals surface area contributed by atoms with Gasteiger partial charge in [0.05, 0.1) is 0 Å². The second-order valence-electron chi connectivity index (χ2n) is 6.40. The van der Waals surface area contributed by atoms with Crippen molar-refractivity contribution in [1.29, 1.82) is 0 Å². The van der Waals surface area contributed by atoms with E-state index in [-0.39, 0.29) is 5.41 Å². The van der Waals surface area contributed by atoms with Crippen LogP contribution in [0.3, 0.4) is 0 Å². The lowest BCUT2D eigenvalue weighted by molar-refractivity contribution is -0.107. The predicted octanol–water partition coefficient (Wildman–Crippen LogP) is 5.58. The summed E-state index contributed by atoms with van der Waals surface area (Å²) in [5, 5.41) is 0. The first-order valence-corrected chi connectivity index (χ1v) is 8.34. The molecule has 0 aliphatic rings. The highest BCUT2D eigenvalue weighted by Gasteiger charge is 2.30. The van der Waals surface area contributed by atoms with Gasteiger partial charge in [0.25, 0.3) is 0 Å². The molecule has 0 bridgehead atoms. The van der Waals surface area contributed by atoms with Gasteiger partial charge in [0, 0.05) is 11.8 Å². The molecule has 0 N–H and O–H groups in total. The molecule has 120 valence electrons. The Morgan fingerprint density at radius 2 is 1.78 bits per heavy atom. The fraction of sp³-hybridized carbons (Fsp3) is 0.318. The summed E-state index contributed by atoms with van der Waals surface area (Å²) < 4.78 is 0. The lowest BCUT2D eigenvalue weighted by Gasteiger charge is -2.34. The second kappa shape index (κ2) is 7.41. The lowest BCUT2D eigenvalue weighted by Crippen LogP contribution is -2.29. The van der Waals surface area contributed by atoms with Crippen LogP contribution in [0.15, 0.2) is 61.2 Å². The average Bonchev–Trinajstić information content (AvgIpc) is 2.57. The molecule has 0 saturated carbocycles. The summed E-state index contributed by atoms with van der Waals surface area (Å²) in [5.74, 6) is 0.496. The molecule has 0 aliphatic carbocycles. The van der Waals surface area contributed by atoms with Crippen LogP contribution in [0.5, 0.6) is 0 Å². The van der Waals surface area contributed by atoms with Gasteiger partial charge in [-0.3, -0.25) is 0 Å². The Balaban J connectivity index is 2.43. The van der Waals surface area contributed by atoms with Crippen molar-refractivity contribution in [3.63, 3.8) is 0 Å². The summed E-state index contributed by atoms with van der Waals surface area (Å²) in [6, 6.07) is 17.0. The van der Waals surface area contributed by atoms with Crippen LogP contribution >= 0.6 is 0 Å². The molecule has 0 saturated heterocycles. The molecule has 1 atom stereocenters. The molecule has 0 amide bonds. The van der Waals surface area contributed by atoms with E-state index in [0.717, 1.165) is 18.3 Å². The zero-order valence-electron chi connectivity index (χ0n) is 14.4. The molecular weight excluding hydrogens is 280 g/mol. The molecule has 2 aromatic rings. The van der Waals surface area contributed by atoms with Crippen molar-refractivity contribution in [2.45, 2.75) is 39.0 Å². The molecule has 1 nitrogen and oxygen atoms in total. The third kappa shape index (κ3) is 3.44. The maximum absolute atomic E-state index is 10.6. The van der Waals surface area contributed by atoms with Crippen molar-refractivity contribution in [3.8, 4) is 11.1 Å². The standard InChI is InChI=1S/C22H26O/c1-5-22(6-2,17(3)4)21-9-7-8-20(16-21)19-12-10-18(11-13-19)14-15-23/h5,7-13,15-17H,1,6,14H2,2-4H3. The number of carbonyl (C=O) groups excluding carboxylic acids is 1. The number of benzene rings is 2. The predicted molar refractivity (Wildman–Crippen MR) is 98.7 cm³/mol. The second-order valence-corrected chi connectivity index (χ2v) is 6.40. The zero-order chi connectivity index (χ0) is 16.9. The Morgan fingerprint density at radius 1 is 1.09 bits per heavy atom. The van der Waals surface area contributed by atoms with Gasteiger partial charge in [-0.1, -0.05) is 75.4 Å². The highest BCUT2D eigenvalue weighted by molar-refractivity contribution is 5.66. The first-order chi connectivity index (χ1) is 11.1. The van der Waals surface area contributed by atoms with Gasteiger partial charge < -0.3 is 4.79 Å². The van der Waals surface area contributed by atoms with E-state index in [1.54, 1.807) is 0 Å². The molecule has 1 unspecified atom stereocenters. The first-order valence-electron chi connectivity index (χ1n) is 8.34. The van der Waals surface area contributed by atoms with Crippen LogP contribution in [-0.2, 0) is 16.6 Å². The van der Waals surface area contributed by atoms with Crippen LogP contribution in [0, 0.1) is 5.92 Å². The van der Waals surface area contributed by atoms with Gasteiger partial charge in [0.2, 0.25) is 0 Å². The van der Waals surface area contributed by atoms with E-state index in [4.69, 9.17) is 0 Å². The quantitative estimate of drug-likeness (QED) is 0.482. The van der Waals surface area contributed by atoms with Crippen molar-refractivity contribution in [2.75, 3.05) is 0 Å². The van der Waals surface area contributed by atoms with Gasteiger partial charge in [-0.15, -0.1) is 6.58 Å². The van der Waals surface area contributed by atoms with Gasteiger partial charge in [0.1, 0.15) is 6.29 Å². The normalized spacial score (nSPS) is 13.6. The van der Waals surface area contributed by atoms with Gasteiger partial charge in [-0.2, -0.15) is 0 Å². The van der Waals surface area contributed by atoms with E-state index in [1.807, 2.05) is 12.1 Å². The highest BCUT2D eigenvalue weighted by atomic mass is 16.1. The van der Waals surface area contributed by atoms with Crippen LogP contribution in [0.25, 0.3) is 11.1 Å². The molecule has 1 heteroatoms. The molecule has 23 heavy (non-hydrogen) atoms. The van der Waals surface area contributed by atoms with E-state index < -0.39 is 0 Å². The highest BCUT2D eigenvalue weighted by Crippen LogP contribution is 2.38. The van der Waals surface area contributed by atoms with E-state index in [1.165, 1.54) is 16.7 Å². The van der Waals surface area contributed by atoms with E-state index in [9.17, 15) is 4.79 Å². The number of aldehydes is 1. The summed E-state index contributed by atoms with van der Waals surface area (Å²) in [7, 11) is 0. The minimum Gasteiger partial charge on any atom is -0.303 e. The molecule has 0 heterocycles. The van der Waals surface area contributed by atoms with Crippen molar-refractivity contribution in [2.24, 2.45) is 5.92 Å². The van der Waals surface area contributed by atoms with Crippen LogP contribution in [0.4, 0.5) is 0 Å². The van der Waals surface area contributed by atoms with Crippen LogP contribution in [0.2, 0.25) is 0 Å². The molecule has 0 aromatic heterocycles. The van der Waals surface area contributed by atoms with Gasteiger partial charge in [-0.05, 0) is 34.6 Å². The van der Waals surface area contributed by atoms with Crippen LogP contribution < -0.4 is 0 Å². The number of hydrogen-bond donors (Lipinski definition) is 0. The Labute approximate surface area is 140 Å². The number of carbonyl (C=O) groups is 1. The average molecular weight is 306 g/mol. The summed E-state index contributed by atoms with van der Waals surface area (Å²) in [6.07, 6.45) is 4.56. The van der Waals surface area contributed by atoms with Gasteiger partial charge in [0.15, 0.2) is 0 Å². The Hall–Kier alpha value is -2.15. The summed E-state index contributed by atoms with van der Waals surface area (Å²) in [6.45, 7) is 10.8. The van der Waals surface area contributed by atoms with Crippen molar-refractivity contribution in [3.05, 3.63) is 72.3 Å².